The van der Waals surface area contributed by atoms with Crippen molar-refractivity contribution in [2.45, 2.75) is 69.2 Å². The number of aliphatic hydroxyl groups excluding tert-OH is 1. The van der Waals surface area contributed by atoms with Crippen LogP contribution in [0, 0.1) is 44.6 Å². The Morgan fingerprint density at radius 2 is 1.50 bits per heavy atom. The number of hydrogen-bond acceptors (Lipinski definition) is 3. The number of allylic oxidation sites excluding steroid dienone is 2. The van der Waals surface area contributed by atoms with Crippen LogP contribution in [0.3, 0.4) is 0 Å². The van der Waals surface area contributed by atoms with Crippen LogP contribution in [0.1, 0.15) is 63.8 Å². The molecule has 185 valence electrons. The maximum atomic E-state index is 11.5. The van der Waals surface area contributed by atoms with Crippen molar-refractivity contribution in [2.24, 2.45) is 10.8 Å². The summed E-state index contributed by atoms with van der Waals surface area (Å²) in [5, 5.41) is 10.8. The first-order valence-corrected chi connectivity index (χ1v) is 11.4. The van der Waals surface area contributed by atoms with E-state index in [2.05, 4.69) is 64.1 Å². The van der Waals surface area contributed by atoms with E-state index in [-0.39, 0.29) is 37.1 Å². The Morgan fingerprint density at radius 3 is 2.03 bits per heavy atom. The largest absolute Gasteiger partial charge is 0.512 e. The van der Waals surface area contributed by atoms with Crippen LogP contribution in [-0.2, 0) is 24.9 Å². The Morgan fingerprint density at radius 1 is 0.912 bits per heavy atom. The molecule has 1 heterocycles. The number of rotatable bonds is 2. The summed E-state index contributed by atoms with van der Waals surface area (Å²) in [5.41, 5.74) is 7.39. The van der Waals surface area contributed by atoms with E-state index in [1.165, 1.54) is 28.2 Å². The second-order valence-corrected chi connectivity index (χ2v) is 10.9. The molecule has 0 spiro atoms. The molecule has 0 bridgehead atoms. The smallest absolute Gasteiger partial charge is 0.164 e. The summed E-state index contributed by atoms with van der Waals surface area (Å²) < 4.78 is 0. The van der Waals surface area contributed by atoms with Crippen molar-refractivity contribution in [3.05, 3.63) is 76.6 Å². The van der Waals surface area contributed by atoms with Gasteiger partial charge in [-0.1, -0.05) is 79.2 Å². The summed E-state index contributed by atoms with van der Waals surface area (Å²) in [5.74, 6) is 0.104. The number of benzene rings is 2. The maximum Gasteiger partial charge on any atom is 0.164 e. The molecule has 0 fully saturated rings. The molecule has 0 amide bonds. The zero-order valence-electron chi connectivity index (χ0n) is 22.2. The van der Waals surface area contributed by atoms with Crippen molar-refractivity contribution < 1.29 is 30.0 Å². The van der Waals surface area contributed by atoms with E-state index in [4.69, 9.17) is 4.98 Å². The van der Waals surface area contributed by atoms with Crippen LogP contribution in [0.15, 0.2) is 48.2 Å². The molecule has 0 aliphatic heterocycles. The zero-order chi connectivity index (χ0) is 25.1. The van der Waals surface area contributed by atoms with Crippen LogP contribution in [0.5, 0.6) is 0 Å². The molecule has 0 atom stereocenters. The molecule has 0 saturated heterocycles. The minimum atomic E-state index is -0.417. The molecule has 1 N–H and O–H groups in total. The van der Waals surface area contributed by atoms with Crippen molar-refractivity contribution in [2.75, 3.05) is 0 Å². The Balaban J connectivity index is 0.000000364. The first-order chi connectivity index (χ1) is 15.1. The van der Waals surface area contributed by atoms with Gasteiger partial charge in [0, 0.05) is 42.4 Å². The predicted octanol–water partition coefficient (Wildman–Crippen LogP) is 8.02. The average molecular weight is 637 g/mol. The van der Waals surface area contributed by atoms with Gasteiger partial charge in [-0.25, -0.2) is 0 Å². The van der Waals surface area contributed by atoms with Crippen LogP contribution >= 0.6 is 0 Å². The fraction of sp³-hybridized carbons (Fsp3) is 0.400. The molecule has 3 nitrogen and oxygen atoms in total. The molecule has 34 heavy (non-hydrogen) atoms. The van der Waals surface area contributed by atoms with Gasteiger partial charge in [-0.15, -0.1) is 34.9 Å². The van der Waals surface area contributed by atoms with Crippen molar-refractivity contribution in [1.82, 2.24) is 4.98 Å². The summed E-state index contributed by atoms with van der Waals surface area (Å²) in [7, 11) is 0. The van der Waals surface area contributed by atoms with Gasteiger partial charge in [-0.2, -0.15) is 0 Å². The number of carbonyl (C=O) groups excluding carboxylic acids is 1. The summed E-state index contributed by atoms with van der Waals surface area (Å²) in [6, 6.07) is 16.1. The van der Waals surface area contributed by atoms with E-state index in [0.717, 1.165) is 22.3 Å². The number of carbonyl (C=O) groups is 1. The topological polar surface area (TPSA) is 50.2 Å². The number of hydrogen-bond donors (Lipinski definition) is 1. The van der Waals surface area contributed by atoms with E-state index < -0.39 is 5.41 Å². The number of aryl methyl sites for hydroxylation is 3. The van der Waals surface area contributed by atoms with E-state index in [9.17, 15) is 9.90 Å². The monoisotopic (exact) mass is 637 g/mol. The summed E-state index contributed by atoms with van der Waals surface area (Å²) in [6.45, 7) is 19.6. The number of ketones is 1. The standard InChI is InChI=1S/C19H18N.C11H20O2.Ir/c1-12-9-13(2)11-16(10-12)19-15(4)14(3)17-7-5-6-8-18(17)20-19;1-10(2,3)8(12)7-9(13)11(4,5)6;/h5-10H,1-4H3;7,12H,1-6H3;/q-1;;/b;8-7-;. The molecule has 2 aromatic carbocycles. The Kier molecular flexibility index (Phi) is 9.99. The third-order valence-corrected chi connectivity index (χ3v) is 5.64. The summed E-state index contributed by atoms with van der Waals surface area (Å²) >= 11 is 0. The summed E-state index contributed by atoms with van der Waals surface area (Å²) in [4.78, 5) is 16.3. The van der Waals surface area contributed by atoms with Gasteiger partial charge < -0.3 is 5.11 Å². The van der Waals surface area contributed by atoms with Crippen LogP contribution in [0.2, 0.25) is 0 Å². The minimum Gasteiger partial charge on any atom is -0.512 e. The van der Waals surface area contributed by atoms with Gasteiger partial charge in [-0.05, 0) is 31.2 Å². The second kappa shape index (κ2) is 11.4. The molecule has 3 aromatic rings. The second-order valence-electron chi connectivity index (χ2n) is 10.9. The fourth-order valence-electron chi connectivity index (χ4n) is 3.31. The van der Waals surface area contributed by atoms with Gasteiger partial charge in [-0.3, -0.25) is 9.78 Å². The quantitative estimate of drug-likeness (QED) is 0.176. The number of pyridine rings is 1. The Hall–Kier alpha value is -2.29. The van der Waals surface area contributed by atoms with E-state index in [1.807, 2.05) is 47.6 Å². The number of nitrogens with zero attached hydrogens (tertiary/aromatic N) is 1. The van der Waals surface area contributed by atoms with E-state index in [1.54, 1.807) is 0 Å². The Labute approximate surface area is 219 Å². The van der Waals surface area contributed by atoms with E-state index in [0.29, 0.717) is 0 Å². The van der Waals surface area contributed by atoms with Gasteiger partial charge in [0.05, 0.1) is 5.52 Å². The number of para-hydroxylation sites is 1. The molecule has 4 heteroatoms. The molecule has 0 saturated carbocycles. The fourth-order valence-corrected chi connectivity index (χ4v) is 3.31. The van der Waals surface area contributed by atoms with Crippen LogP contribution < -0.4 is 0 Å². The van der Waals surface area contributed by atoms with Crippen molar-refractivity contribution in [3.8, 4) is 11.3 Å². The number of fused-ring (bicyclic) bond motifs is 1. The summed E-state index contributed by atoms with van der Waals surface area (Å²) in [6.07, 6.45) is 1.33. The molecule has 1 aromatic heterocycles. The maximum absolute atomic E-state index is 11.5. The Bertz CT molecular complexity index is 1170. The molecule has 0 aliphatic carbocycles. The van der Waals surface area contributed by atoms with Gasteiger partial charge >= 0.3 is 0 Å². The molecule has 0 aliphatic rings. The predicted molar refractivity (Wildman–Crippen MR) is 140 cm³/mol. The van der Waals surface area contributed by atoms with Gasteiger partial charge in [0.15, 0.2) is 5.78 Å². The molecular formula is C30H38IrNO2-. The van der Waals surface area contributed by atoms with Crippen LogP contribution in [0.25, 0.3) is 22.2 Å². The third-order valence-electron chi connectivity index (χ3n) is 5.64. The normalized spacial score (nSPS) is 12.0. The molecule has 1 radical (unpaired) electrons. The molecule has 3 rings (SSSR count). The van der Waals surface area contributed by atoms with Gasteiger partial charge in [0.25, 0.3) is 0 Å². The van der Waals surface area contributed by atoms with Crippen molar-refractivity contribution in [3.63, 3.8) is 0 Å². The van der Waals surface area contributed by atoms with Crippen LogP contribution in [0.4, 0.5) is 0 Å². The van der Waals surface area contributed by atoms with Gasteiger partial charge in [0.2, 0.25) is 0 Å². The minimum absolute atomic E-state index is 0. The first-order valence-electron chi connectivity index (χ1n) is 11.4. The first kappa shape index (κ1) is 29.7. The zero-order valence-corrected chi connectivity index (χ0v) is 24.6. The number of aromatic nitrogens is 1. The molecular weight excluding hydrogens is 599 g/mol. The molecule has 0 unspecified atom stereocenters. The van der Waals surface area contributed by atoms with E-state index >= 15 is 0 Å². The number of aliphatic hydroxyl groups is 1. The van der Waals surface area contributed by atoms with Gasteiger partial charge in [0.1, 0.15) is 5.76 Å². The van der Waals surface area contributed by atoms with Crippen molar-refractivity contribution in [1.29, 1.82) is 0 Å². The van der Waals surface area contributed by atoms with Crippen LogP contribution in [-0.4, -0.2) is 15.9 Å². The average Bonchev–Trinajstić information content (AvgIpc) is 2.69. The third kappa shape index (κ3) is 7.61. The van der Waals surface area contributed by atoms with Crippen molar-refractivity contribution >= 4 is 16.7 Å². The SMILES string of the molecule is CC(C)(C)C(=O)/C=C(\O)C(C)(C)C.Cc1[c-]c(-c2nc3ccccc3c(C)c2C)cc(C)c1.[Ir].